The molecule has 0 radical (unpaired) electrons. The summed E-state index contributed by atoms with van der Waals surface area (Å²) in [7, 11) is 0. The van der Waals surface area contributed by atoms with Gasteiger partial charge in [-0.1, -0.05) is 84.4 Å². The van der Waals surface area contributed by atoms with Crippen LogP contribution in [-0.4, -0.2) is 0 Å². The predicted octanol–water partition coefficient (Wildman–Crippen LogP) is 8.04. The van der Waals surface area contributed by atoms with Gasteiger partial charge in [-0.15, -0.1) is 11.3 Å². The van der Waals surface area contributed by atoms with Gasteiger partial charge in [0.2, 0.25) is 0 Å². The average Bonchev–Trinajstić information content (AvgIpc) is 3.09. The first-order chi connectivity index (χ1) is 12.8. The van der Waals surface area contributed by atoms with Gasteiger partial charge < -0.3 is 0 Å². The third-order valence-corrected chi connectivity index (χ3v) is 6.27. The van der Waals surface area contributed by atoms with Gasteiger partial charge in [-0.2, -0.15) is 0 Å². The molecule has 0 nitrogen and oxygen atoms in total. The molecule has 0 saturated heterocycles. The number of hydrogen-bond donors (Lipinski definition) is 0. The van der Waals surface area contributed by atoms with E-state index in [4.69, 9.17) is 11.6 Å². The summed E-state index contributed by atoms with van der Waals surface area (Å²) in [5.41, 5.74) is 4.92. The van der Waals surface area contributed by atoms with Crippen molar-refractivity contribution in [3.63, 3.8) is 0 Å². The number of rotatable bonds is 2. The fraction of sp³-hybridized carbons (Fsp3) is 0. The Kier molecular flexibility index (Phi) is 3.77. The van der Waals surface area contributed by atoms with Gasteiger partial charge >= 0.3 is 0 Å². The number of fused-ring (bicyclic) bond motifs is 3. The first-order valence-corrected chi connectivity index (χ1v) is 9.76. The van der Waals surface area contributed by atoms with E-state index in [1.165, 1.54) is 37.0 Å². The minimum atomic E-state index is 0.820. The second-order valence-electron chi connectivity index (χ2n) is 6.34. The van der Waals surface area contributed by atoms with E-state index in [9.17, 15) is 0 Å². The first kappa shape index (κ1) is 15.6. The van der Waals surface area contributed by atoms with Crippen LogP contribution >= 0.6 is 22.9 Å². The zero-order valence-electron chi connectivity index (χ0n) is 13.9. The Bertz CT molecular complexity index is 1240. The molecule has 5 rings (SSSR count). The molecule has 0 spiro atoms. The van der Waals surface area contributed by atoms with Crippen molar-refractivity contribution in [2.75, 3.05) is 0 Å². The molecule has 0 atom stereocenters. The lowest BCUT2D eigenvalue weighted by molar-refractivity contribution is 1.61. The Morgan fingerprint density at radius 1 is 0.615 bits per heavy atom. The Hall–Kier alpha value is -2.61. The number of halogens is 1. The van der Waals surface area contributed by atoms with Crippen molar-refractivity contribution in [3.05, 3.63) is 96.0 Å². The van der Waals surface area contributed by atoms with Crippen LogP contribution in [0.15, 0.2) is 91.0 Å². The lowest BCUT2D eigenvalue weighted by Crippen LogP contribution is -1.82. The number of benzene rings is 4. The molecule has 124 valence electrons. The Morgan fingerprint density at radius 3 is 2.23 bits per heavy atom. The second-order valence-corrected chi connectivity index (χ2v) is 7.80. The van der Waals surface area contributed by atoms with E-state index in [0.29, 0.717) is 0 Å². The van der Waals surface area contributed by atoms with Crippen LogP contribution in [0.4, 0.5) is 0 Å². The monoisotopic (exact) mass is 370 g/mol. The van der Waals surface area contributed by atoms with Gasteiger partial charge in [0, 0.05) is 25.2 Å². The fourth-order valence-corrected chi connectivity index (χ4v) is 5.09. The normalized spacial score (nSPS) is 11.3. The molecular formula is C24H15ClS. The van der Waals surface area contributed by atoms with Gasteiger partial charge in [0.05, 0.1) is 0 Å². The summed E-state index contributed by atoms with van der Waals surface area (Å²) in [6.07, 6.45) is 0. The van der Waals surface area contributed by atoms with Gasteiger partial charge in [-0.25, -0.2) is 0 Å². The molecule has 0 bridgehead atoms. The van der Waals surface area contributed by atoms with E-state index in [2.05, 4.69) is 78.9 Å². The van der Waals surface area contributed by atoms with E-state index in [0.717, 1.165) is 10.4 Å². The summed E-state index contributed by atoms with van der Waals surface area (Å²) in [4.78, 5) is 0. The minimum Gasteiger partial charge on any atom is -0.134 e. The Morgan fingerprint density at radius 2 is 1.35 bits per heavy atom. The van der Waals surface area contributed by atoms with Gasteiger partial charge in [-0.3, -0.25) is 0 Å². The molecule has 0 unspecified atom stereocenters. The summed E-state index contributed by atoms with van der Waals surface area (Å²) in [6.45, 7) is 0. The molecule has 5 aromatic rings. The molecule has 26 heavy (non-hydrogen) atoms. The Balaban J connectivity index is 1.77. The highest BCUT2D eigenvalue weighted by atomic mass is 35.5. The van der Waals surface area contributed by atoms with Crippen LogP contribution in [0.2, 0.25) is 5.02 Å². The number of hydrogen-bond acceptors (Lipinski definition) is 1. The molecular weight excluding hydrogens is 356 g/mol. The smallest absolute Gasteiger partial charge is 0.0499 e. The van der Waals surface area contributed by atoms with Crippen molar-refractivity contribution in [1.82, 2.24) is 0 Å². The fourth-order valence-electron chi connectivity index (χ4n) is 3.51. The molecule has 0 aliphatic rings. The van der Waals surface area contributed by atoms with Crippen molar-refractivity contribution in [3.8, 4) is 22.3 Å². The lowest BCUT2D eigenvalue weighted by atomic mass is 9.98. The van der Waals surface area contributed by atoms with Crippen LogP contribution in [0.3, 0.4) is 0 Å². The maximum Gasteiger partial charge on any atom is 0.0499 e. The summed E-state index contributed by atoms with van der Waals surface area (Å²) >= 11 is 8.39. The van der Waals surface area contributed by atoms with E-state index >= 15 is 0 Å². The summed E-state index contributed by atoms with van der Waals surface area (Å²) < 4.78 is 2.53. The van der Waals surface area contributed by atoms with Crippen molar-refractivity contribution >= 4 is 43.1 Å². The molecule has 1 heterocycles. The molecule has 0 saturated carbocycles. The van der Waals surface area contributed by atoms with Crippen molar-refractivity contribution in [1.29, 1.82) is 0 Å². The highest BCUT2D eigenvalue weighted by molar-refractivity contribution is 7.26. The van der Waals surface area contributed by atoms with Crippen LogP contribution in [-0.2, 0) is 0 Å². The third kappa shape index (κ3) is 2.52. The second kappa shape index (κ2) is 6.28. The van der Waals surface area contributed by atoms with Crippen LogP contribution < -0.4 is 0 Å². The van der Waals surface area contributed by atoms with Crippen LogP contribution in [0.1, 0.15) is 0 Å². The third-order valence-electron chi connectivity index (χ3n) is 4.76. The van der Waals surface area contributed by atoms with Crippen LogP contribution in [0.5, 0.6) is 0 Å². The molecule has 0 N–H and O–H groups in total. The van der Waals surface area contributed by atoms with Crippen molar-refractivity contribution in [2.24, 2.45) is 0 Å². The van der Waals surface area contributed by atoms with Crippen molar-refractivity contribution < 1.29 is 0 Å². The van der Waals surface area contributed by atoms with E-state index in [1.807, 2.05) is 23.5 Å². The molecule has 4 aromatic carbocycles. The summed E-state index contributed by atoms with van der Waals surface area (Å²) in [5, 5.41) is 3.22. The SMILES string of the molecule is Clc1ccc(-c2cccc(-c3ccccc3)c2)c2sc3ccccc3c12. The quantitative estimate of drug-likeness (QED) is 0.295. The number of thiophene rings is 1. The standard InChI is InChI=1S/C24H15ClS/c25-21-14-13-19(24-23(21)20-11-4-5-12-22(20)26-24)18-10-6-9-17(15-18)16-7-2-1-3-8-16/h1-15H. The highest BCUT2D eigenvalue weighted by Gasteiger charge is 2.13. The van der Waals surface area contributed by atoms with Crippen molar-refractivity contribution in [2.45, 2.75) is 0 Å². The summed E-state index contributed by atoms with van der Waals surface area (Å²) in [5.74, 6) is 0. The van der Waals surface area contributed by atoms with Gasteiger partial charge in [0.1, 0.15) is 0 Å². The van der Waals surface area contributed by atoms with E-state index < -0.39 is 0 Å². The van der Waals surface area contributed by atoms with Gasteiger partial charge in [-0.05, 0) is 40.5 Å². The largest absolute Gasteiger partial charge is 0.134 e. The zero-order chi connectivity index (χ0) is 17.5. The minimum absolute atomic E-state index is 0.820. The lowest BCUT2D eigenvalue weighted by Gasteiger charge is -2.08. The molecule has 0 amide bonds. The molecule has 0 fully saturated rings. The maximum absolute atomic E-state index is 6.57. The van der Waals surface area contributed by atoms with Gasteiger partial charge in [0.15, 0.2) is 0 Å². The van der Waals surface area contributed by atoms with Crippen LogP contribution in [0, 0.1) is 0 Å². The van der Waals surface area contributed by atoms with E-state index in [-0.39, 0.29) is 0 Å². The first-order valence-electron chi connectivity index (χ1n) is 8.57. The average molecular weight is 371 g/mol. The predicted molar refractivity (Wildman–Crippen MR) is 115 cm³/mol. The van der Waals surface area contributed by atoms with Gasteiger partial charge in [0.25, 0.3) is 0 Å². The molecule has 0 aliphatic carbocycles. The van der Waals surface area contributed by atoms with E-state index in [1.54, 1.807) is 0 Å². The molecule has 2 heteroatoms. The molecule has 0 aliphatic heterocycles. The topological polar surface area (TPSA) is 0 Å². The zero-order valence-corrected chi connectivity index (χ0v) is 15.5. The summed E-state index contributed by atoms with van der Waals surface area (Å²) in [6, 6.07) is 31.9. The molecule has 1 aromatic heterocycles. The maximum atomic E-state index is 6.57. The highest BCUT2D eigenvalue weighted by Crippen LogP contribution is 2.43. The Labute approximate surface area is 161 Å². The van der Waals surface area contributed by atoms with Crippen LogP contribution in [0.25, 0.3) is 42.4 Å².